The molecule has 2 saturated heterocycles. The molecule has 5 N–H and O–H groups in total. The van der Waals surface area contributed by atoms with E-state index >= 15 is 0 Å². The van der Waals surface area contributed by atoms with Gasteiger partial charge in [0.1, 0.15) is 0 Å². The average Bonchev–Trinajstić information content (AvgIpc) is 3.72. The van der Waals surface area contributed by atoms with Gasteiger partial charge in [0.15, 0.2) is 0 Å². The standard InChI is InChI=1S/C16H21N3O2S.C15H23N3O.C14H17N3O2S.CH5P.CH4/c1-12-9-18-11-14-5-3-6-15(16(12)14)22(20,21)19-8-4-7-17-10-13(19)2;1-11(16)15(2)7-3-12(4-8-15)14(19)18-13-5-9-17-10-6-13;18-20(19,17-9-2-6-15-8-10-17)14-4-1-3-12-11-16-7-5-13(12)14;1-2;/h3,5-6,9,11,13,17H,4,7-8,10H2,1-2H3;5-6,9-12H,3-4,7-8,16H2,1-2H3,(H,17,18,19);1,3-5,7,11,15H,2,6,8-10H2;2H2,1H3;1H4/t13-;11-,12?,15?;;;/m01.../s1. The summed E-state index contributed by atoms with van der Waals surface area (Å²) in [6.07, 6.45) is 15.7. The van der Waals surface area contributed by atoms with Crippen molar-refractivity contribution < 1.29 is 21.6 Å². The van der Waals surface area contributed by atoms with Gasteiger partial charge in [-0.15, -0.1) is 9.24 Å². The van der Waals surface area contributed by atoms with Crippen molar-refractivity contribution in [3.05, 3.63) is 97.3 Å². The summed E-state index contributed by atoms with van der Waals surface area (Å²) in [7, 11) is -4.55. The lowest BCUT2D eigenvalue weighted by molar-refractivity contribution is -0.121. The number of sulfonamides is 2. The van der Waals surface area contributed by atoms with Crippen LogP contribution < -0.4 is 21.7 Å². The van der Waals surface area contributed by atoms with Gasteiger partial charge in [-0.25, -0.2) is 16.8 Å². The zero-order chi connectivity index (χ0) is 45.6. The van der Waals surface area contributed by atoms with Crippen LogP contribution in [0.2, 0.25) is 0 Å². The molecule has 8 rings (SSSR count). The SMILES string of the molecule is C.CP.C[C@@H](N)C1(C)CCC(C(=O)Nc2ccncc2)CC1.Cc1cncc2cccc(S(=O)(=O)N3CCCNC[C@@H]3C)c12.O=S(=O)(c1cccc2cnccc12)N1CCCNCC1. The lowest BCUT2D eigenvalue weighted by atomic mass is 9.68. The minimum Gasteiger partial charge on any atom is -0.327 e. The Morgan fingerprint density at radius 2 is 1.44 bits per heavy atom. The molecule has 350 valence electrons. The zero-order valence-corrected chi connectivity index (χ0v) is 40.1. The Morgan fingerprint density at radius 3 is 2.14 bits per heavy atom. The Labute approximate surface area is 384 Å². The number of aromatic nitrogens is 3. The summed E-state index contributed by atoms with van der Waals surface area (Å²) in [4.78, 5) is 25.1. The summed E-state index contributed by atoms with van der Waals surface area (Å²) in [6.45, 7) is 14.8. The van der Waals surface area contributed by atoms with Gasteiger partial charge >= 0.3 is 0 Å². The van der Waals surface area contributed by atoms with Crippen LogP contribution in [0.25, 0.3) is 21.5 Å². The fraction of sp³-hybridized carbons (Fsp3) is 0.489. The van der Waals surface area contributed by atoms with Gasteiger partial charge in [0.2, 0.25) is 26.0 Å². The number of benzene rings is 2. The minimum atomic E-state index is -3.52. The molecule has 0 radical (unpaired) electrons. The zero-order valence-electron chi connectivity index (χ0n) is 37.3. The maximum atomic E-state index is 13.2. The third kappa shape index (κ3) is 13.1. The van der Waals surface area contributed by atoms with Crippen LogP contribution in [0.3, 0.4) is 0 Å². The van der Waals surface area contributed by atoms with Crippen molar-refractivity contribution in [2.24, 2.45) is 17.1 Å². The van der Waals surface area contributed by atoms with E-state index in [9.17, 15) is 21.6 Å². The highest BCUT2D eigenvalue weighted by Gasteiger charge is 2.36. The van der Waals surface area contributed by atoms with Gasteiger partial charge in [0, 0.05) is 115 Å². The fourth-order valence-corrected chi connectivity index (χ4v) is 11.9. The first-order valence-electron chi connectivity index (χ1n) is 21.9. The Morgan fingerprint density at radius 1 is 0.812 bits per heavy atom. The van der Waals surface area contributed by atoms with E-state index in [0.717, 1.165) is 84.4 Å². The summed E-state index contributed by atoms with van der Waals surface area (Å²) < 4.78 is 55.3. The number of fused-ring (bicyclic) bond motifs is 2. The van der Waals surface area contributed by atoms with Crippen LogP contribution in [-0.2, 0) is 24.8 Å². The van der Waals surface area contributed by atoms with E-state index in [0.29, 0.717) is 42.5 Å². The number of carbonyl (C=O) groups is 1. The second-order valence-electron chi connectivity index (χ2n) is 16.6. The molecule has 3 fully saturated rings. The molecule has 1 aliphatic carbocycles. The maximum Gasteiger partial charge on any atom is 0.243 e. The lowest BCUT2D eigenvalue weighted by Gasteiger charge is -2.39. The molecule has 2 aliphatic heterocycles. The Hall–Kier alpha value is -3.99. The molecule has 5 heterocycles. The lowest BCUT2D eigenvalue weighted by Crippen LogP contribution is -2.41. The van der Waals surface area contributed by atoms with Gasteiger partial charge in [0.05, 0.1) is 9.79 Å². The predicted octanol–water partition coefficient (Wildman–Crippen LogP) is 6.83. The number of nitrogens with two attached hydrogens (primary N) is 1. The number of aryl methyl sites for hydroxylation is 1. The molecule has 0 spiro atoms. The third-order valence-electron chi connectivity index (χ3n) is 12.3. The number of anilines is 1. The first-order chi connectivity index (χ1) is 30.2. The number of hydrogen-bond donors (Lipinski definition) is 4. The minimum absolute atomic E-state index is 0. The smallest absolute Gasteiger partial charge is 0.243 e. The van der Waals surface area contributed by atoms with E-state index in [4.69, 9.17) is 5.73 Å². The molecular formula is C47H70N9O5PS2. The highest BCUT2D eigenvalue weighted by Crippen LogP contribution is 2.41. The predicted molar refractivity (Wildman–Crippen MR) is 264 cm³/mol. The molecule has 5 aromatic rings. The molecule has 1 saturated carbocycles. The Bertz CT molecular complexity index is 2450. The summed E-state index contributed by atoms with van der Waals surface area (Å²) in [6, 6.07) is 16.3. The molecule has 64 heavy (non-hydrogen) atoms. The Kier molecular flexibility index (Phi) is 20.2. The first-order valence-corrected chi connectivity index (χ1v) is 25.9. The fourth-order valence-electron chi connectivity index (χ4n) is 8.26. The molecule has 1 amide bonds. The number of amides is 1. The van der Waals surface area contributed by atoms with Gasteiger partial charge in [-0.05, 0) is 114 Å². The maximum absolute atomic E-state index is 13.2. The molecule has 2 aromatic carbocycles. The molecule has 1 unspecified atom stereocenters. The third-order valence-corrected chi connectivity index (χ3v) is 16.3. The highest BCUT2D eigenvalue weighted by molar-refractivity contribution is 7.89. The number of hydrogen-bond acceptors (Lipinski definition) is 11. The molecule has 3 aliphatic rings. The van der Waals surface area contributed by atoms with E-state index in [1.165, 1.54) is 0 Å². The van der Waals surface area contributed by atoms with Crippen LogP contribution in [0.5, 0.6) is 0 Å². The van der Waals surface area contributed by atoms with Crippen molar-refractivity contribution >= 4 is 62.4 Å². The second kappa shape index (κ2) is 24.5. The first kappa shape index (κ1) is 52.6. The molecular weight excluding hydrogens is 866 g/mol. The average molecular weight is 936 g/mol. The van der Waals surface area contributed by atoms with E-state index < -0.39 is 20.0 Å². The van der Waals surface area contributed by atoms with Gasteiger partial charge < -0.3 is 21.7 Å². The van der Waals surface area contributed by atoms with E-state index in [1.807, 2.05) is 44.8 Å². The number of pyridine rings is 3. The van der Waals surface area contributed by atoms with Gasteiger partial charge in [-0.3, -0.25) is 19.7 Å². The van der Waals surface area contributed by atoms with Crippen molar-refractivity contribution in [1.29, 1.82) is 0 Å². The van der Waals surface area contributed by atoms with Crippen LogP contribution >= 0.6 is 9.24 Å². The van der Waals surface area contributed by atoms with Gasteiger partial charge in [0.25, 0.3) is 0 Å². The molecule has 14 nitrogen and oxygen atoms in total. The number of nitrogens with zero attached hydrogens (tertiary/aromatic N) is 5. The van der Waals surface area contributed by atoms with Gasteiger partial charge in [-0.1, -0.05) is 45.3 Å². The van der Waals surface area contributed by atoms with Crippen molar-refractivity contribution in [3.8, 4) is 0 Å². The highest BCUT2D eigenvalue weighted by atomic mass is 32.2. The number of carbonyl (C=O) groups excluding carboxylic acids is 1. The van der Waals surface area contributed by atoms with Crippen molar-refractivity contribution in [2.75, 3.05) is 57.8 Å². The molecule has 3 aromatic heterocycles. The second-order valence-corrected chi connectivity index (χ2v) is 20.4. The number of nitrogens with one attached hydrogen (secondary N) is 3. The summed E-state index contributed by atoms with van der Waals surface area (Å²) in [5.41, 5.74) is 7.93. The van der Waals surface area contributed by atoms with Crippen molar-refractivity contribution in [2.45, 2.75) is 95.5 Å². The van der Waals surface area contributed by atoms with Gasteiger partial charge in [-0.2, -0.15) is 8.61 Å². The summed E-state index contributed by atoms with van der Waals surface area (Å²) in [5.74, 6) is 0.234. The van der Waals surface area contributed by atoms with Crippen LogP contribution in [-0.4, -0.2) is 111 Å². The van der Waals surface area contributed by atoms with E-state index in [2.05, 4.69) is 54.0 Å². The molecule has 17 heteroatoms. The summed E-state index contributed by atoms with van der Waals surface area (Å²) >= 11 is 0. The van der Waals surface area contributed by atoms with Crippen molar-refractivity contribution in [1.82, 2.24) is 34.2 Å². The van der Waals surface area contributed by atoms with Crippen LogP contribution in [0.4, 0.5) is 5.69 Å². The summed E-state index contributed by atoms with van der Waals surface area (Å²) in [5, 5.41) is 12.7. The van der Waals surface area contributed by atoms with Crippen LogP contribution in [0.1, 0.15) is 72.3 Å². The number of rotatable bonds is 7. The monoisotopic (exact) mass is 935 g/mol. The molecule has 0 bridgehead atoms. The largest absolute Gasteiger partial charge is 0.327 e. The van der Waals surface area contributed by atoms with E-state index in [1.54, 1.807) is 76.1 Å². The van der Waals surface area contributed by atoms with Crippen LogP contribution in [0.15, 0.2) is 102 Å². The quantitative estimate of drug-likeness (QED) is 0.125. The molecule has 3 atom stereocenters. The topological polar surface area (TPSA) is 193 Å². The van der Waals surface area contributed by atoms with E-state index in [-0.39, 0.29) is 36.8 Å². The van der Waals surface area contributed by atoms with Crippen LogP contribution in [0, 0.1) is 18.3 Å². The Balaban J connectivity index is 0.000000205. The van der Waals surface area contributed by atoms with Crippen molar-refractivity contribution in [3.63, 3.8) is 0 Å². The normalized spacial score (nSPS) is 21.4.